The topological polar surface area (TPSA) is 113 Å². The Kier molecular flexibility index (Phi) is 4.52. The van der Waals surface area contributed by atoms with Crippen molar-refractivity contribution in [2.75, 3.05) is 5.75 Å². The van der Waals surface area contributed by atoms with Crippen LogP contribution in [-0.2, 0) is 16.1 Å². The number of thioether (sulfide) groups is 1. The molecule has 0 unspecified atom stereocenters. The van der Waals surface area contributed by atoms with Crippen molar-refractivity contribution in [2.45, 2.75) is 31.2 Å². The van der Waals surface area contributed by atoms with E-state index in [1.165, 1.54) is 11.8 Å². The molecule has 126 valence electrons. The number of H-pyrrole nitrogens is 1. The molecule has 1 aliphatic heterocycles. The number of carbonyl (C=O) groups excluding carboxylic acids is 2. The second-order valence-electron chi connectivity index (χ2n) is 5.91. The van der Waals surface area contributed by atoms with E-state index in [9.17, 15) is 9.59 Å². The Morgan fingerprint density at radius 2 is 2.17 bits per heavy atom. The summed E-state index contributed by atoms with van der Waals surface area (Å²) in [6.45, 7) is 3.91. The van der Waals surface area contributed by atoms with Crippen LogP contribution in [0.5, 0.6) is 0 Å². The molecule has 2 aromatic rings. The van der Waals surface area contributed by atoms with Gasteiger partial charge >= 0.3 is 0 Å². The van der Waals surface area contributed by atoms with E-state index in [-0.39, 0.29) is 18.4 Å². The van der Waals surface area contributed by atoms with Crippen LogP contribution in [0.2, 0.25) is 0 Å². The third-order valence-electron chi connectivity index (χ3n) is 3.68. The molecule has 0 saturated carbocycles. The minimum atomic E-state index is -0.530. The van der Waals surface area contributed by atoms with Gasteiger partial charge in [0.1, 0.15) is 11.9 Å². The lowest BCUT2D eigenvalue weighted by Crippen LogP contribution is -2.57. The van der Waals surface area contributed by atoms with Crippen molar-refractivity contribution in [3.63, 3.8) is 0 Å². The SMILES string of the molecule is CC1(C)SC[C@H](C(=O)NCc2nc(-c3ccncc3)n[nH]2)NC1=O. The summed E-state index contributed by atoms with van der Waals surface area (Å²) >= 11 is 1.47. The predicted octanol–water partition coefficient (Wildman–Crippen LogP) is 0.493. The third-order valence-corrected chi connectivity index (χ3v) is 5.09. The molecular formula is C15H18N6O2S. The zero-order valence-electron chi connectivity index (χ0n) is 13.4. The van der Waals surface area contributed by atoms with E-state index in [1.807, 2.05) is 26.0 Å². The fourth-order valence-corrected chi connectivity index (χ4v) is 3.18. The maximum atomic E-state index is 12.2. The van der Waals surface area contributed by atoms with E-state index in [2.05, 4.69) is 30.8 Å². The highest BCUT2D eigenvalue weighted by Crippen LogP contribution is 2.28. The van der Waals surface area contributed by atoms with Crippen LogP contribution in [0.3, 0.4) is 0 Å². The molecule has 0 spiro atoms. The maximum Gasteiger partial charge on any atom is 0.243 e. The predicted molar refractivity (Wildman–Crippen MR) is 89.9 cm³/mol. The molecule has 0 radical (unpaired) electrons. The average molecular weight is 346 g/mol. The first kappa shape index (κ1) is 16.4. The molecule has 2 amide bonds. The summed E-state index contributed by atoms with van der Waals surface area (Å²) in [4.78, 5) is 32.4. The molecule has 3 heterocycles. The number of rotatable bonds is 4. The van der Waals surface area contributed by atoms with Crippen molar-refractivity contribution in [2.24, 2.45) is 0 Å². The number of aromatic amines is 1. The van der Waals surface area contributed by atoms with E-state index < -0.39 is 10.8 Å². The zero-order chi connectivity index (χ0) is 17.2. The summed E-state index contributed by atoms with van der Waals surface area (Å²) in [6.07, 6.45) is 3.33. The number of hydrogen-bond acceptors (Lipinski definition) is 6. The molecule has 9 heteroatoms. The molecule has 8 nitrogen and oxygen atoms in total. The monoisotopic (exact) mass is 346 g/mol. The standard InChI is InChI=1S/C15H18N6O2S/c1-15(2)14(23)18-10(8-24-15)13(22)17-7-11-19-12(21-20-11)9-3-5-16-6-4-9/h3-6,10H,7-8H2,1-2H3,(H,17,22)(H,18,23)(H,19,20,21)/t10-/m1/s1. The number of hydrogen-bond donors (Lipinski definition) is 3. The second-order valence-corrected chi connectivity index (χ2v) is 7.55. The van der Waals surface area contributed by atoms with Crippen molar-refractivity contribution < 1.29 is 9.59 Å². The van der Waals surface area contributed by atoms with Gasteiger partial charge in [0.05, 0.1) is 11.3 Å². The maximum absolute atomic E-state index is 12.2. The first-order valence-electron chi connectivity index (χ1n) is 7.50. The number of nitrogens with one attached hydrogen (secondary N) is 3. The molecule has 2 aromatic heterocycles. The molecule has 0 aromatic carbocycles. The van der Waals surface area contributed by atoms with Gasteiger partial charge in [0.2, 0.25) is 11.8 Å². The van der Waals surface area contributed by atoms with Gasteiger partial charge in [0.25, 0.3) is 0 Å². The van der Waals surface area contributed by atoms with E-state index >= 15 is 0 Å². The summed E-state index contributed by atoms with van der Waals surface area (Å²) in [5, 5.41) is 12.4. The molecule has 1 saturated heterocycles. The van der Waals surface area contributed by atoms with Gasteiger partial charge in [-0.3, -0.25) is 19.7 Å². The highest BCUT2D eigenvalue weighted by molar-refractivity contribution is 8.01. The number of nitrogens with zero attached hydrogens (tertiary/aromatic N) is 3. The van der Waals surface area contributed by atoms with Gasteiger partial charge in [-0.05, 0) is 26.0 Å². The van der Waals surface area contributed by atoms with Crippen molar-refractivity contribution in [1.29, 1.82) is 0 Å². The minimum absolute atomic E-state index is 0.126. The number of carbonyl (C=O) groups is 2. The fourth-order valence-electron chi connectivity index (χ4n) is 2.17. The zero-order valence-corrected chi connectivity index (χ0v) is 14.2. The van der Waals surface area contributed by atoms with Gasteiger partial charge in [-0.2, -0.15) is 5.10 Å². The van der Waals surface area contributed by atoms with Crippen molar-refractivity contribution >= 4 is 23.6 Å². The van der Waals surface area contributed by atoms with Crippen LogP contribution in [0.1, 0.15) is 19.7 Å². The Bertz CT molecular complexity index is 745. The van der Waals surface area contributed by atoms with E-state index in [4.69, 9.17) is 0 Å². The van der Waals surface area contributed by atoms with Gasteiger partial charge in [-0.1, -0.05) is 0 Å². The summed E-state index contributed by atoms with van der Waals surface area (Å²) in [5.41, 5.74) is 0.844. The Morgan fingerprint density at radius 1 is 1.42 bits per heavy atom. The van der Waals surface area contributed by atoms with Gasteiger partial charge in [0, 0.05) is 23.7 Å². The molecule has 1 fully saturated rings. The Balaban J connectivity index is 1.56. The molecular weight excluding hydrogens is 328 g/mol. The summed E-state index contributed by atoms with van der Waals surface area (Å²) in [6, 6.07) is 3.09. The highest BCUT2D eigenvalue weighted by Gasteiger charge is 2.37. The Morgan fingerprint density at radius 3 is 2.88 bits per heavy atom. The van der Waals surface area contributed by atoms with Crippen LogP contribution >= 0.6 is 11.8 Å². The van der Waals surface area contributed by atoms with Crippen LogP contribution in [0.25, 0.3) is 11.4 Å². The summed E-state index contributed by atoms with van der Waals surface area (Å²) in [5.74, 6) is 1.28. The lowest BCUT2D eigenvalue weighted by atomic mass is 10.1. The van der Waals surface area contributed by atoms with Crippen molar-refractivity contribution in [1.82, 2.24) is 30.8 Å². The normalized spacial score (nSPS) is 19.6. The summed E-state index contributed by atoms with van der Waals surface area (Å²) in [7, 11) is 0. The summed E-state index contributed by atoms with van der Waals surface area (Å²) < 4.78 is -0.499. The van der Waals surface area contributed by atoms with Crippen LogP contribution in [0.15, 0.2) is 24.5 Å². The molecule has 1 aliphatic rings. The van der Waals surface area contributed by atoms with Gasteiger partial charge < -0.3 is 10.6 Å². The van der Waals surface area contributed by atoms with Gasteiger partial charge in [-0.25, -0.2) is 4.98 Å². The van der Waals surface area contributed by atoms with E-state index in [0.717, 1.165) is 5.56 Å². The molecule has 1 atom stereocenters. The van der Waals surface area contributed by atoms with Crippen LogP contribution in [0.4, 0.5) is 0 Å². The molecule has 3 rings (SSSR count). The largest absolute Gasteiger partial charge is 0.347 e. The molecule has 0 bridgehead atoms. The first-order valence-corrected chi connectivity index (χ1v) is 8.48. The lowest BCUT2D eigenvalue weighted by Gasteiger charge is -2.32. The van der Waals surface area contributed by atoms with E-state index in [0.29, 0.717) is 17.4 Å². The lowest BCUT2D eigenvalue weighted by molar-refractivity contribution is -0.129. The number of aromatic nitrogens is 4. The average Bonchev–Trinajstić information content (AvgIpc) is 3.05. The van der Waals surface area contributed by atoms with Crippen molar-refractivity contribution in [3.8, 4) is 11.4 Å². The number of amides is 2. The van der Waals surface area contributed by atoms with E-state index in [1.54, 1.807) is 12.4 Å². The second kappa shape index (κ2) is 6.60. The smallest absolute Gasteiger partial charge is 0.243 e. The minimum Gasteiger partial charge on any atom is -0.347 e. The number of pyridine rings is 1. The molecule has 3 N–H and O–H groups in total. The fraction of sp³-hybridized carbons (Fsp3) is 0.400. The van der Waals surface area contributed by atoms with Crippen LogP contribution in [-0.4, -0.2) is 48.5 Å². The molecule has 24 heavy (non-hydrogen) atoms. The quantitative estimate of drug-likeness (QED) is 0.743. The molecule has 0 aliphatic carbocycles. The highest BCUT2D eigenvalue weighted by atomic mass is 32.2. The van der Waals surface area contributed by atoms with Gasteiger partial charge in [0.15, 0.2) is 5.82 Å². The van der Waals surface area contributed by atoms with Gasteiger partial charge in [-0.15, -0.1) is 11.8 Å². The third kappa shape index (κ3) is 3.56. The van der Waals surface area contributed by atoms with Crippen LogP contribution in [0, 0.1) is 0 Å². The van der Waals surface area contributed by atoms with Crippen molar-refractivity contribution in [3.05, 3.63) is 30.4 Å². The van der Waals surface area contributed by atoms with Crippen LogP contribution < -0.4 is 10.6 Å². The Labute approximate surface area is 143 Å². The first-order chi connectivity index (χ1) is 11.5. The Hall–Kier alpha value is -2.42.